The van der Waals surface area contributed by atoms with Crippen LogP contribution < -0.4 is 5.73 Å². The number of carbonyl (C=O) groups excluding carboxylic acids is 3. The molecule has 0 aliphatic carbocycles. The van der Waals surface area contributed by atoms with E-state index in [2.05, 4.69) is 0 Å². The number of hydrogen-bond acceptors (Lipinski definition) is 5. The maximum atomic E-state index is 13.9. The van der Waals surface area contributed by atoms with Crippen molar-refractivity contribution in [2.45, 2.75) is 51.7 Å². The SMILES string of the molecule is CC[C@@H](C)OC(=O)[C@@H](F)ON1C(=O)N2C[C@H]1C=C(C)[C@H]2C(N)=O. The Morgan fingerprint density at radius 1 is 1.52 bits per heavy atom. The number of hydrogen-bond donors (Lipinski definition) is 1. The maximum Gasteiger partial charge on any atom is 0.371 e. The Balaban J connectivity index is 2.07. The first-order chi connectivity index (χ1) is 10.8. The molecule has 0 spiro atoms. The van der Waals surface area contributed by atoms with Crippen molar-refractivity contribution in [1.82, 2.24) is 9.96 Å². The van der Waals surface area contributed by atoms with Crippen LogP contribution in [-0.2, 0) is 19.2 Å². The number of amides is 3. The molecule has 2 aliphatic heterocycles. The van der Waals surface area contributed by atoms with Gasteiger partial charge in [0.25, 0.3) is 0 Å². The van der Waals surface area contributed by atoms with Gasteiger partial charge in [-0.05, 0) is 25.8 Å². The van der Waals surface area contributed by atoms with Crippen molar-refractivity contribution in [2.24, 2.45) is 5.73 Å². The van der Waals surface area contributed by atoms with Crippen molar-refractivity contribution < 1.29 is 28.3 Å². The predicted molar refractivity (Wildman–Crippen MR) is 76.3 cm³/mol. The van der Waals surface area contributed by atoms with E-state index in [1.54, 1.807) is 26.8 Å². The lowest BCUT2D eigenvalue weighted by molar-refractivity contribution is -0.225. The number of nitrogens with two attached hydrogens (primary N) is 1. The average molecular weight is 329 g/mol. The lowest BCUT2D eigenvalue weighted by Crippen LogP contribution is -2.48. The zero-order valence-corrected chi connectivity index (χ0v) is 13.2. The highest BCUT2D eigenvalue weighted by Gasteiger charge is 2.48. The quantitative estimate of drug-likeness (QED) is 0.564. The fourth-order valence-corrected chi connectivity index (χ4v) is 2.58. The summed E-state index contributed by atoms with van der Waals surface area (Å²) in [6.45, 7) is 5.18. The van der Waals surface area contributed by atoms with Crippen LogP contribution in [0.15, 0.2) is 11.6 Å². The van der Waals surface area contributed by atoms with Crippen LogP contribution >= 0.6 is 0 Å². The zero-order chi connectivity index (χ0) is 17.3. The summed E-state index contributed by atoms with van der Waals surface area (Å²) in [7, 11) is 0. The lowest BCUT2D eigenvalue weighted by atomic mass is 10.0. The van der Waals surface area contributed by atoms with Gasteiger partial charge in [-0.3, -0.25) is 4.79 Å². The third-order valence-corrected chi connectivity index (χ3v) is 3.87. The molecule has 0 aromatic carbocycles. The molecule has 2 rings (SSSR count). The minimum Gasteiger partial charge on any atom is -0.459 e. The first-order valence-corrected chi connectivity index (χ1v) is 7.35. The van der Waals surface area contributed by atoms with Crippen molar-refractivity contribution in [3.05, 3.63) is 11.6 Å². The Kier molecular flexibility index (Phi) is 4.88. The highest BCUT2D eigenvalue weighted by Crippen LogP contribution is 2.30. The summed E-state index contributed by atoms with van der Waals surface area (Å²) >= 11 is 0. The van der Waals surface area contributed by atoms with Crippen LogP contribution in [0.5, 0.6) is 0 Å². The van der Waals surface area contributed by atoms with Gasteiger partial charge in [0.2, 0.25) is 5.91 Å². The molecule has 8 nitrogen and oxygen atoms in total. The van der Waals surface area contributed by atoms with Crippen LogP contribution in [0, 0.1) is 0 Å². The molecular formula is C14H20FN3O5. The van der Waals surface area contributed by atoms with E-state index in [1.807, 2.05) is 0 Å². The molecule has 0 aromatic rings. The van der Waals surface area contributed by atoms with Crippen LogP contribution in [0.25, 0.3) is 0 Å². The van der Waals surface area contributed by atoms with E-state index in [-0.39, 0.29) is 6.54 Å². The normalized spacial score (nSPS) is 25.9. The number of hydroxylamine groups is 2. The van der Waals surface area contributed by atoms with Gasteiger partial charge in [-0.2, -0.15) is 5.06 Å². The molecule has 3 amide bonds. The Hall–Kier alpha value is -2.16. The monoisotopic (exact) mass is 329 g/mol. The summed E-state index contributed by atoms with van der Waals surface area (Å²) in [6.07, 6.45) is -0.749. The van der Waals surface area contributed by atoms with E-state index in [9.17, 15) is 18.8 Å². The smallest absolute Gasteiger partial charge is 0.371 e. The number of ether oxygens (including phenoxy) is 1. The largest absolute Gasteiger partial charge is 0.459 e. The van der Waals surface area contributed by atoms with E-state index in [0.29, 0.717) is 12.0 Å². The van der Waals surface area contributed by atoms with E-state index >= 15 is 0 Å². The molecule has 9 heteroatoms. The molecule has 0 unspecified atom stereocenters. The number of nitrogens with zero attached hydrogens (tertiary/aromatic N) is 2. The second-order valence-corrected chi connectivity index (χ2v) is 5.62. The number of urea groups is 1. The van der Waals surface area contributed by atoms with Crippen LogP contribution in [0.1, 0.15) is 27.2 Å². The summed E-state index contributed by atoms with van der Waals surface area (Å²) < 4.78 is 18.7. The molecule has 23 heavy (non-hydrogen) atoms. The van der Waals surface area contributed by atoms with Gasteiger partial charge in [0.05, 0.1) is 18.7 Å². The van der Waals surface area contributed by atoms with Crippen molar-refractivity contribution in [3.63, 3.8) is 0 Å². The molecular weight excluding hydrogens is 309 g/mol. The first-order valence-electron chi connectivity index (χ1n) is 7.35. The van der Waals surface area contributed by atoms with E-state index < -0.39 is 42.5 Å². The van der Waals surface area contributed by atoms with Gasteiger partial charge in [-0.15, -0.1) is 0 Å². The topological polar surface area (TPSA) is 102 Å². The molecule has 4 atom stereocenters. The first kappa shape index (κ1) is 17.2. The summed E-state index contributed by atoms with van der Waals surface area (Å²) in [5.74, 6) is -1.88. The van der Waals surface area contributed by atoms with Crippen LogP contribution in [0.4, 0.5) is 9.18 Å². The number of fused-ring (bicyclic) bond motifs is 2. The van der Waals surface area contributed by atoms with Gasteiger partial charge in [0.15, 0.2) is 0 Å². The number of esters is 1. The molecule has 0 saturated carbocycles. The van der Waals surface area contributed by atoms with Crippen molar-refractivity contribution in [2.75, 3.05) is 6.54 Å². The minimum atomic E-state index is -2.42. The highest BCUT2D eigenvalue weighted by atomic mass is 19.1. The highest BCUT2D eigenvalue weighted by molar-refractivity contribution is 5.90. The number of alkyl halides is 1. The molecule has 0 aromatic heterocycles. The molecule has 1 saturated heterocycles. The predicted octanol–water partition coefficient (Wildman–Crippen LogP) is 0.475. The van der Waals surface area contributed by atoms with Crippen molar-refractivity contribution >= 4 is 17.9 Å². The van der Waals surface area contributed by atoms with E-state index in [1.165, 1.54) is 4.90 Å². The fourth-order valence-electron chi connectivity index (χ4n) is 2.58. The van der Waals surface area contributed by atoms with Gasteiger partial charge in [0, 0.05) is 0 Å². The molecule has 128 valence electrons. The van der Waals surface area contributed by atoms with Crippen molar-refractivity contribution in [3.8, 4) is 0 Å². The Morgan fingerprint density at radius 2 is 2.17 bits per heavy atom. The summed E-state index contributed by atoms with van der Waals surface area (Å²) in [4.78, 5) is 41.3. The summed E-state index contributed by atoms with van der Waals surface area (Å²) in [5.41, 5.74) is 5.86. The molecule has 2 bridgehead atoms. The van der Waals surface area contributed by atoms with Gasteiger partial charge >= 0.3 is 18.4 Å². The Labute approximate surface area is 132 Å². The minimum absolute atomic E-state index is 0.136. The molecule has 1 fully saturated rings. The fraction of sp³-hybridized carbons (Fsp3) is 0.643. The molecule has 2 heterocycles. The standard InChI is InChI=1S/C14H20FN3O5/c1-4-8(3)22-13(20)11(15)23-18-9-5-7(2)10(12(16)19)17(6-9)14(18)21/h5,8-11H,4,6H2,1-3H3,(H2,16,19)/t8-,9-,10+,11+/m1/s1. The van der Waals surface area contributed by atoms with E-state index in [4.69, 9.17) is 15.3 Å². The summed E-state index contributed by atoms with van der Waals surface area (Å²) in [5, 5.41) is 0.745. The number of rotatable bonds is 6. The second-order valence-electron chi connectivity index (χ2n) is 5.62. The van der Waals surface area contributed by atoms with E-state index in [0.717, 1.165) is 5.06 Å². The Bertz CT molecular complexity index is 553. The summed E-state index contributed by atoms with van der Waals surface area (Å²) in [6, 6.07) is -2.20. The number of halogens is 1. The maximum absolute atomic E-state index is 13.9. The average Bonchev–Trinajstić information content (AvgIpc) is 2.71. The van der Waals surface area contributed by atoms with Gasteiger partial charge < -0.3 is 15.4 Å². The second kappa shape index (κ2) is 6.53. The molecule has 0 radical (unpaired) electrons. The van der Waals surface area contributed by atoms with Crippen LogP contribution in [0.2, 0.25) is 0 Å². The van der Waals surface area contributed by atoms with Crippen LogP contribution in [0.3, 0.4) is 0 Å². The van der Waals surface area contributed by atoms with Crippen molar-refractivity contribution in [1.29, 1.82) is 0 Å². The third kappa shape index (κ3) is 3.29. The van der Waals surface area contributed by atoms with Gasteiger partial charge in [-0.25, -0.2) is 18.8 Å². The van der Waals surface area contributed by atoms with Gasteiger partial charge in [0.1, 0.15) is 6.04 Å². The third-order valence-electron chi connectivity index (χ3n) is 3.87. The lowest BCUT2D eigenvalue weighted by Gasteiger charge is -2.27. The van der Waals surface area contributed by atoms with Crippen LogP contribution in [-0.4, -0.2) is 59.0 Å². The number of carbonyl (C=O) groups is 3. The zero-order valence-electron chi connectivity index (χ0n) is 13.2. The number of primary amides is 1. The molecule has 2 aliphatic rings. The van der Waals surface area contributed by atoms with Gasteiger partial charge in [-0.1, -0.05) is 13.0 Å². The Morgan fingerprint density at radius 3 is 2.74 bits per heavy atom. The molecule has 2 N–H and O–H groups in total.